The first-order valence-electron chi connectivity index (χ1n) is 36.3. The highest BCUT2D eigenvalue weighted by Gasteiger charge is 2.47. The summed E-state index contributed by atoms with van der Waals surface area (Å²) in [6.07, 6.45) is 85.5. The third-order valence-electron chi connectivity index (χ3n) is 15.9. The van der Waals surface area contributed by atoms with Gasteiger partial charge in [0, 0.05) is 6.42 Å². The van der Waals surface area contributed by atoms with E-state index >= 15 is 0 Å². The number of amides is 1. The number of unbranched alkanes of at least 4 members (excludes halogenated alkanes) is 22. The minimum absolute atomic E-state index is 0.100. The molecule has 0 aromatic heterocycles. The Morgan fingerprint density at radius 3 is 1.19 bits per heavy atom. The van der Waals surface area contributed by atoms with Crippen LogP contribution in [0, 0.1) is 0 Å². The molecule has 0 bridgehead atoms. The Morgan fingerprint density at radius 1 is 0.440 bits per heavy atom. The SMILES string of the molecule is CC/C=C\C/C=C\C/C=C\C/C=C\C/C=C\C/C=C\CCCCCCCCCCC(=O)OC1C(OCC(NC(=O)C(O)CCCCC/C=C\C/C=C\C/C=C\C/C=C\C/C=C\C/C=C\CC)C(O)/C=C/CCCCCCCCCCCCC)OC(CO)C(O)C1O. The van der Waals surface area contributed by atoms with Crippen molar-refractivity contribution in [2.75, 3.05) is 13.2 Å². The van der Waals surface area contributed by atoms with Crippen LogP contribution in [0.5, 0.6) is 0 Å². The molecule has 1 aliphatic rings. The maximum atomic E-state index is 13.5. The smallest absolute Gasteiger partial charge is 0.306 e. The molecule has 6 N–H and O–H groups in total. The molecule has 0 aromatic carbocycles. The molecular weight excluding hydrogens is 1130 g/mol. The van der Waals surface area contributed by atoms with Crippen molar-refractivity contribution in [3.05, 3.63) is 158 Å². The number of allylic oxidation sites excluding steroid dienone is 25. The van der Waals surface area contributed by atoms with E-state index in [-0.39, 0.29) is 19.4 Å². The number of nitrogens with one attached hydrogen (secondary N) is 1. The summed E-state index contributed by atoms with van der Waals surface area (Å²) >= 11 is 0. The largest absolute Gasteiger partial charge is 0.454 e. The summed E-state index contributed by atoms with van der Waals surface area (Å²) in [5.74, 6) is -1.24. The summed E-state index contributed by atoms with van der Waals surface area (Å²) in [5, 5.41) is 57.3. The molecule has 0 aliphatic carbocycles. The lowest BCUT2D eigenvalue weighted by atomic mass is 9.99. The molecule has 11 nitrogen and oxygen atoms in total. The van der Waals surface area contributed by atoms with Crippen molar-refractivity contribution in [2.24, 2.45) is 0 Å². The van der Waals surface area contributed by atoms with Crippen LogP contribution in [0.2, 0.25) is 0 Å². The zero-order valence-corrected chi connectivity index (χ0v) is 57.4. The fourth-order valence-corrected chi connectivity index (χ4v) is 10.3. The molecule has 0 aromatic rings. The van der Waals surface area contributed by atoms with E-state index in [1.54, 1.807) is 6.08 Å². The summed E-state index contributed by atoms with van der Waals surface area (Å²) < 4.78 is 17.7. The van der Waals surface area contributed by atoms with Gasteiger partial charge < -0.3 is 45.1 Å². The number of esters is 1. The highest BCUT2D eigenvalue weighted by atomic mass is 16.7. The third kappa shape index (κ3) is 52.4. The van der Waals surface area contributed by atoms with Gasteiger partial charge in [-0.25, -0.2) is 0 Å². The number of carbonyl (C=O) groups is 2. The van der Waals surface area contributed by atoms with Crippen LogP contribution in [0.15, 0.2) is 158 Å². The number of rotatable bonds is 60. The quantitative estimate of drug-likeness (QED) is 0.0195. The Bertz CT molecular complexity index is 2090. The second kappa shape index (κ2) is 65.3. The summed E-state index contributed by atoms with van der Waals surface area (Å²) in [6.45, 7) is 5.55. The summed E-state index contributed by atoms with van der Waals surface area (Å²) in [5.41, 5.74) is 0. The number of hydrogen-bond donors (Lipinski definition) is 6. The van der Waals surface area contributed by atoms with Crippen LogP contribution >= 0.6 is 0 Å². The molecule has 1 amide bonds. The van der Waals surface area contributed by atoms with Crippen molar-refractivity contribution >= 4 is 11.9 Å². The molecule has 1 aliphatic heterocycles. The average Bonchev–Trinajstić information content (AvgIpc) is 1.11. The number of hydrogen-bond acceptors (Lipinski definition) is 10. The molecular formula is C80H131NO10. The second-order valence-corrected chi connectivity index (χ2v) is 24.2. The van der Waals surface area contributed by atoms with Gasteiger partial charge in [0.15, 0.2) is 12.4 Å². The van der Waals surface area contributed by atoms with Gasteiger partial charge in [0.1, 0.15) is 24.4 Å². The van der Waals surface area contributed by atoms with Gasteiger partial charge in [0.05, 0.1) is 25.4 Å². The first-order chi connectivity index (χ1) is 44.7. The van der Waals surface area contributed by atoms with Crippen LogP contribution < -0.4 is 5.32 Å². The number of carbonyl (C=O) groups excluding carboxylic acids is 2. The van der Waals surface area contributed by atoms with E-state index in [0.717, 1.165) is 154 Å². The van der Waals surface area contributed by atoms with Gasteiger partial charge in [-0.3, -0.25) is 9.59 Å². The maximum Gasteiger partial charge on any atom is 0.306 e. The predicted molar refractivity (Wildman–Crippen MR) is 383 cm³/mol. The number of ether oxygens (including phenoxy) is 3. The lowest BCUT2D eigenvalue weighted by Gasteiger charge is -2.41. The highest BCUT2D eigenvalue weighted by Crippen LogP contribution is 2.26. The normalized spacial score (nSPS) is 19.0. The summed E-state index contributed by atoms with van der Waals surface area (Å²) in [4.78, 5) is 26.7. The molecule has 0 radical (unpaired) electrons. The minimum Gasteiger partial charge on any atom is -0.454 e. The fourth-order valence-electron chi connectivity index (χ4n) is 10.3. The van der Waals surface area contributed by atoms with Crippen molar-refractivity contribution in [3.8, 4) is 0 Å². The Balaban J connectivity index is 2.62. The number of aliphatic hydroxyl groups is 5. The van der Waals surface area contributed by atoms with Crippen LogP contribution in [-0.4, -0.2) is 99.6 Å². The van der Waals surface area contributed by atoms with E-state index in [1.165, 1.54) is 70.6 Å². The van der Waals surface area contributed by atoms with E-state index in [2.05, 4.69) is 172 Å². The Hall–Kier alpha value is -4.72. The van der Waals surface area contributed by atoms with Gasteiger partial charge in [-0.05, 0) is 128 Å². The van der Waals surface area contributed by atoms with Crippen LogP contribution in [0.4, 0.5) is 0 Å². The van der Waals surface area contributed by atoms with E-state index in [0.29, 0.717) is 12.8 Å². The molecule has 0 spiro atoms. The van der Waals surface area contributed by atoms with Crippen LogP contribution in [0.25, 0.3) is 0 Å². The van der Waals surface area contributed by atoms with Gasteiger partial charge in [-0.2, -0.15) is 0 Å². The van der Waals surface area contributed by atoms with Gasteiger partial charge in [0.25, 0.3) is 0 Å². The molecule has 91 heavy (non-hydrogen) atoms. The fraction of sp³-hybridized carbons (Fsp3) is 0.650. The molecule has 11 heteroatoms. The van der Waals surface area contributed by atoms with Gasteiger partial charge in [-0.1, -0.05) is 294 Å². The van der Waals surface area contributed by atoms with E-state index in [4.69, 9.17) is 14.2 Å². The third-order valence-corrected chi connectivity index (χ3v) is 15.9. The van der Waals surface area contributed by atoms with Crippen molar-refractivity contribution in [2.45, 2.75) is 320 Å². The Kier molecular flexibility index (Phi) is 60.5. The van der Waals surface area contributed by atoms with Gasteiger partial charge >= 0.3 is 5.97 Å². The monoisotopic (exact) mass is 1270 g/mol. The molecule has 1 heterocycles. The number of aliphatic hydroxyl groups excluding tert-OH is 5. The zero-order chi connectivity index (χ0) is 66.0. The van der Waals surface area contributed by atoms with Crippen LogP contribution in [0.3, 0.4) is 0 Å². The van der Waals surface area contributed by atoms with E-state index < -0.39 is 67.4 Å². The zero-order valence-electron chi connectivity index (χ0n) is 57.4. The Labute approximate surface area is 555 Å². The first-order valence-corrected chi connectivity index (χ1v) is 36.3. The second-order valence-electron chi connectivity index (χ2n) is 24.2. The van der Waals surface area contributed by atoms with E-state index in [1.807, 2.05) is 6.08 Å². The Morgan fingerprint density at radius 2 is 0.791 bits per heavy atom. The molecule has 0 saturated carbocycles. The molecule has 8 unspecified atom stereocenters. The standard InChI is InChI=1S/C80H131NO10/c1-4-7-10-13-16-19-22-25-27-29-31-33-35-36-37-38-39-41-43-45-47-50-53-56-59-62-65-68-75(85)91-78-77(87)76(86)74(69-82)90-80(78)89-70-71(72(83)66-63-60-57-54-51-48-24-21-18-15-12-9-6-3)81-79(88)73(84)67-64-61-58-55-52-49-46-44-42-40-34-32-30-28-26-23-20-17-14-11-8-5-2/h7-8,10-11,16-17,19-20,25-28,31-34,36-37,39,41-42,44,49,52,63,66,71-74,76-78,80,82-84,86-87H,4-6,9,12-15,18,21-24,29-30,35,38,40,43,45-48,50-51,53-62,64-65,67-70H2,1-3H3,(H,81,88)/b10-7-,11-8-,19-16-,20-17-,27-25-,28-26-,33-31-,34-32-,37-36-,41-39-,44-42-,52-49-,66-63+. The summed E-state index contributed by atoms with van der Waals surface area (Å²) in [6, 6.07) is -1.05. The van der Waals surface area contributed by atoms with Gasteiger partial charge in [-0.15, -0.1) is 0 Å². The lowest BCUT2D eigenvalue weighted by Crippen LogP contribution is -2.61. The van der Waals surface area contributed by atoms with Crippen LogP contribution in [-0.2, 0) is 23.8 Å². The predicted octanol–water partition coefficient (Wildman–Crippen LogP) is 19.1. The molecule has 1 fully saturated rings. The molecule has 516 valence electrons. The minimum atomic E-state index is -1.64. The lowest BCUT2D eigenvalue weighted by molar-refractivity contribution is -0.305. The summed E-state index contributed by atoms with van der Waals surface area (Å²) in [7, 11) is 0. The van der Waals surface area contributed by atoms with Crippen molar-refractivity contribution in [1.82, 2.24) is 5.32 Å². The first kappa shape index (κ1) is 84.3. The molecule has 8 atom stereocenters. The average molecular weight is 1270 g/mol. The van der Waals surface area contributed by atoms with Crippen molar-refractivity contribution in [1.29, 1.82) is 0 Å². The maximum absolute atomic E-state index is 13.5. The topological polar surface area (TPSA) is 175 Å². The highest BCUT2D eigenvalue weighted by molar-refractivity contribution is 5.80. The van der Waals surface area contributed by atoms with E-state index in [9.17, 15) is 35.1 Å². The van der Waals surface area contributed by atoms with Crippen molar-refractivity contribution in [3.63, 3.8) is 0 Å². The van der Waals surface area contributed by atoms with Crippen LogP contribution in [0.1, 0.15) is 271 Å². The molecule has 1 saturated heterocycles. The molecule has 1 rings (SSSR count). The van der Waals surface area contributed by atoms with Gasteiger partial charge in [0.2, 0.25) is 5.91 Å². The van der Waals surface area contributed by atoms with Crippen molar-refractivity contribution < 1.29 is 49.3 Å².